The fourth-order valence-electron chi connectivity index (χ4n) is 2.49. The van der Waals surface area contributed by atoms with E-state index in [9.17, 15) is 0 Å². The molecule has 1 aromatic heterocycles. The van der Waals surface area contributed by atoms with E-state index in [0.29, 0.717) is 26.4 Å². The van der Waals surface area contributed by atoms with Crippen molar-refractivity contribution in [2.45, 2.75) is 33.4 Å². The van der Waals surface area contributed by atoms with Crippen LogP contribution in [0.3, 0.4) is 0 Å². The van der Waals surface area contributed by atoms with Gasteiger partial charge < -0.3 is 24.5 Å². The largest absolute Gasteiger partial charge is 0.494 e. The van der Waals surface area contributed by atoms with Crippen molar-refractivity contribution in [2.24, 2.45) is 4.99 Å². The number of aryl methyl sites for hydroxylation is 1. The van der Waals surface area contributed by atoms with Gasteiger partial charge in [-0.1, -0.05) is 12.1 Å². The van der Waals surface area contributed by atoms with Gasteiger partial charge in [0.05, 0.1) is 12.9 Å². The third-order valence-electron chi connectivity index (χ3n) is 3.81. The molecule has 0 aliphatic heterocycles. The van der Waals surface area contributed by atoms with Gasteiger partial charge in [-0.15, -0.1) is 0 Å². The SMILES string of the molecule is CCOc1ccc(CNC(=NC)NCCCOCc2ccco2)cc1C. The molecule has 0 saturated heterocycles. The molecule has 142 valence electrons. The molecule has 0 aliphatic rings. The summed E-state index contributed by atoms with van der Waals surface area (Å²) < 4.78 is 16.4. The van der Waals surface area contributed by atoms with Gasteiger partial charge in [0.25, 0.3) is 0 Å². The Bertz CT molecular complexity index is 669. The summed E-state index contributed by atoms with van der Waals surface area (Å²) in [5, 5.41) is 6.61. The van der Waals surface area contributed by atoms with Crippen molar-refractivity contribution in [1.82, 2.24) is 10.6 Å². The molecule has 6 nitrogen and oxygen atoms in total. The van der Waals surface area contributed by atoms with Crippen molar-refractivity contribution in [1.29, 1.82) is 0 Å². The molecule has 2 rings (SSSR count). The predicted molar refractivity (Wildman–Crippen MR) is 104 cm³/mol. The summed E-state index contributed by atoms with van der Waals surface area (Å²) in [4.78, 5) is 4.24. The molecule has 2 aromatic rings. The van der Waals surface area contributed by atoms with Crippen molar-refractivity contribution in [2.75, 3.05) is 26.8 Å². The molecule has 1 aromatic carbocycles. The molecule has 0 amide bonds. The highest BCUT2D eigenvalue weighted by Crippen LogP contribution is 2.18. The maximum atomic E-state index is 5.57. The highest BCUT2D eigenvalue weighted by molar-refractivity contribution is 5.79. The number of benzene rings is 1. The number of hydrogen-bond acceptors (Lipinski definition) is 4. The quantitative estimate of drug-likeness (QED) is 0.387. The first kappa shape index (κ1) is 19.8. The zero-order chi connectivity index (χ0) is 18.6. The van der Waals surface area contributed by atoms with Gasteiger partial charge in [0.1, 0.15) is 18.1 Å². The first-order valence-electron chi connectivity index (χ1n) is 9.00. The number of nitrogens with one attached hydrogen (secondary N) is 2. The Labute approximate surface area is 155 Å². The molecule has 1 heterocycles. The second kappa shape index (κ2) is 11.2. The molecule has 0 spiro atoms. The van der Waals surface area contributed by atoms with Crippen LogP contribution in [0.2, 0.25) is 0 Å². The molecule has 26 heavy (non-hydrogen) atoms. The topological polar surface area (TPSA) is 68.0 Å². The van der Waals surface area contributed by atoms with E-state index in [2.05, 4.69) is 34.7 Å². The van der Waals surface area contributed by atoms with Gasteiger partial charge in [0.2, 0.25) is 0 Å². The molecule has 0 radical (unpaired) electrons. The van der Waals surface area contributed by atoms with Crippen LogP contribution in [0.25, 0.3) is 0 Å². The lowest BCUT2D eigenvalue weighted by Gasteiger charge is -2.13. The number of hydrogen-bond donors (Lipinski definition) is 2. The fraction of sp³-hybridized carbons (Fsp3) is 0.450. The first-order chi connectivity index (χ1) is 12.7. The zero-order valence-electron chi connectivity index (χ0n) is 15.9. The maximum Gasteiger partial charge on any atom is 0.191 e. The highest BCUT2D eigenvalue weighted by atomic mass is 16.5. The van der Waals surface area contributed by atoms with E-state index in [-0.39, 0.29) is 0 Å². The summed E-state index contributed by atoms with van der Waals surface area (Å²) in [6.45, 7) is 7.42. The molecule has 0 atom stereocenters. The Hall–Kier alpha value is -2.47. The van der Waals surface area contributed by atoms with Crippen molar-refractivity contribution in [3.8, 4) is 5.75 Å². The van der Waals surface area contributed by atoms with Crippen LogP contribution in [-0.2, 0) is 17.9 Å². The monoisotopic (exact) mass is 359 g/mol. The first-order valence-corrected chi connectivity index (χ1v) is 9.00. The van der Waals surface area contributed by atoms with Crippen LogP contribution in [0, 0.1) is 6.92 Å². The standard InChI is InChI=1S/C20H29N3O3/c1-4-25-19-9-8-17(13-16(19)2)14-23-20(21-3)22-10-6-11-24-15-18-7-5-12-26-18/h5,7-9,12-13H,4,6,10-11,14-15H2,1-3H3,(H2,21,22,23). The lowest BCUT2D eigenvalue weighted by molar-refractivity contribution is 0.105. The summed E-state index contributed by atoms with van der Waals surface area (Å²) in [5.74, 6) is 2.57. The van der Waals surface area contributed by atoms with E-state index in [1.54, 1.807) is 13.3 Å². The van der Waals surface area contributed by atoms with Crippen LogP contribution in [0.4, 0.5) is 0 Å². The minimum absolute atomic E-state index is 0.511. The lowest BCUT2D eigenvalue weighted by atomic mass is 10.1. The van der Waals surface area contributed by atoms with Crippen LogP contribution in [-0.4, -0.2) is 32.8 Å². The highest BCUT2D eigenvalue weighted by Gasteiger charge is 2.02. The lowest BCUT2D eigenvalue weighted by Crippen LogP contribution is -2.37. The van der Waals surface area contributed by atoms with Gasteiger partial charge in [-0.25, -0.2) is 0 Å². The number of guanidine groups is 1. The average molecular weight is 359 g/mol. The molecule has 0 aliphatic carbocycles. The summed E-state index contributed by atoms with van der Waals surface area (Å²) in [6, 6.07) is 9.99. The fourth-order valence-corrected chi connectivity index (χ4v) is 2.49. The van der Waals surface area contributed by atoms with E-state index in [1.807, 2.05) is 25.1 Å². The minimum Gasteiger partial charge on any atom is -0.494 e. The average Bonchev–Trinajstić information content (AvgIpc) is 3.16. The number of ether oxygens (including phenoxy) is 2. The Morgan fingerprint density at radius 1 is 1.23 bits per heavy atom. The van der Waals surface area contributed by atoms with Gasteiger partial charge in [-0.3, -0.25) is 4.99 Å². The minimum atomic E-state index is 0.511. The van der Waals surface area contributed by atoms with Gasteiger partial charge in [-0.2, -0.15) is 0 Å². The molecule has 0 fully saturated rings. The van der Waals surface area contributed by atoms with Crippen molar-refractivity contribution in [3.63, 3.8) is 0 Å². The van der Waals surface area contributed by atoms with E-state index in [1.165, 1.54) is 5.56 Å². The molecule has 0 bridgehead atoms. The Balaban J connectivity index is 1.63. The van der Waals surface area contributed by atoms with Crippen LogP contribution < -0.4 is 15.4 Å². The number of furan rings is 1. The Morgan fingerprint density at radius 2 is 2.12 bits per heavy atom. The summed E-state index contributed by atoms with van der Waals surface area (Å²) in [7, 11) is 1.77. The van der Waals surface area contributed by atoms with Gasteiger partial charge in [-0.05, 0) is 49.6 Å². The molecule has 2 N–H and O–H groups in total. The second-order valence-corrected chi connectivity index (χ2v) is 5.87. The summed E-state index contributed by atoms with van der Waals surface area (Å²) in [6.07, 6.45) is 2.55. The van der Waals surface area contributed by atoms with Gasteiger partial charge in [0.15, 0.2) is 5.96 Å². The smallest absolute Gasteiger partial charge is 0.191 e. The van der Waals surface area contributed by atoms with Crippen molar-refractivity contribution >= 4 is 5.96 Å². The van der Waals surface area contributed by atoms with Crippen molar-refractivity contribution < 1.29 is 13.9 Å². The maximum absolute atomic E-state index is 5.57. The van der Waals surface area contributed by atoms with E-state index < -0.39 is 0 Å². The van der Waals surface area contributed by atoms with Crippen LogP contribution in [0.5, 0.6) is 5.75 Å². The van der Waals surface area contributed by atoms with Gasteiger partial charge >= 0.3 is 0 Å². The van der Waals surface area contributed by atoms with E-state index >= 15 is 0 Å². The van der Waals surface area contributed by atoms with Crippen molar-refractivity contribution in [3.05, 3.63) is 53.5 Å². The van der Waals surface area contributed by atoms with Crippen LogP contribution >= 0.6 is 0 Å². The molecule has 6 heteroatoms. The third kappa shape index (κ3) is 6.80. The molecule has 0 unspecified atom stereocenters. The summed E-state index contributed by atoms with van der Waals surface area (Å²) in [5.41, 5.74) is 2.33. The van der Waals surface area contributed by atoms with Gasteiger partial charge in [0, 0.05) is 26.7 Å². The zero-order valence-corrected chi connectivity index (χ0v) is 15.9. The molecular formula is C20H29N3O3. The number of rotatable bonds is 10. The van der Waals surface area contributed by atoms with Crippen LogP contribution in [0.15, 0.2) is 46.0 Å². The molecular weight excluding hydrogens is 330 g/mol. The normalized spacial score (nSPS) is 11.4. The third-order valence-corrected chi connectivity index (χ3v) is 3.81. The van der Waals surface area contributed by atoms with E-state index in [4.69, 9.17) is 13.9 Å². The Kier molecular flexibility index (Phi) is 8.55. The summed E-state index contributed by atoms with van der Waals surface area (Å²) >= 11 is 0. The Morgan fingerprint density at radius 3 is 2.81 bits per heavy atom. The predicted octanol–water partition coefficient (Wildman–Crippen LogP) is 3.26. The number of aliphatic imine (C=N–C) groups is 1. The second-order valence-electron chi connectivity index (χ2n) is 5.87. The van der Waals surface area contributed by atoms with Crippen LogP contribution in [0.1, 0.15) is 30.2 Å². The van der Waals surface area contributed by atoms with E-state index in [0.717, 1.165) is 36.0 Å². The molecule has 0 saturated carbocycles. The number of nitrogens with zero attached hydrogens (tertiary/aromatic N) is 1.